The number of phenolic OH excluding ortho intramolecular Hbond substituents is 1. The van der Waals surface area contributed by atoms with E-state index < -0.39 is 11.8 Å². The Morgan fingerprint density at radius 3 is 1.32 bits per heavy atom. The van der Waals surface area contributed by atoms with E-state index in [0.29, 0.717) is 11.5 Å². The predicted octanol–water partition coefficient (Wildman–Crippen LogP) is 9.28. The van der Waals surface area contributed by atoms with Crippen molar-refractivity contribution in [2.24, 2.45) is 0 Å². The Morgan fingerprint density at radius 1 is 0.742 bits per heavy atom. The Hall–Kier alpha value is -2.49. The lowest BCUT2D eigenvalue weighted by Crippen LogP contribution is -2.25. The van der Waals surface area contributed by atoms with Crippen molar-refractivity contribution in [3.05, 3.63) is 60.7 Å². The summed E-state index contributed by atoms with van der Waals surface area (Å²) in [6, 6.07) is 17.5. The summed E-state index contributed by atoms with van der Waals surface area (Å²) < 4.78 is 9.91. The number of aromatic hydroxyl groups is 1. The Kier molecular flexibility index (Phi) is 31.9. The first-order valence-electron chi connectivity index (χ1n) is 11.4. The smallest absolute Gasteiger partial charge is 0.508 e. The minimum atomic E-state index is -0.677. The highest BCUT2D eigenvalue weighted by Crippen LogP contribution is 2.13. The molecule has 0 aliphatic rings. The van der Waals surface area contributed by atoms with Gasteiger partial charge in [0.15, 0.2) is 0 Å². The number of benzene rings is 2. The monoisotopic (exact) mass is 436 g/mol. The second kappa shape index (κ2) is 27.5. The van der Waals surface area contributed by atoms with E-state index in [1.807, 2.05) is 39.8 Å². The van der Waals surface area contributed by atoms with Gasteiger partial charge in [-0.1, -0.05) is 105 Å². The molecule has 2 rings (SSSR count). The van der Waals surface area contributed by atoms with Crippen LogP contribution in [-0.2, 0) is 4.74 Å². The average molecular weight is 437 g/mol. The number of rotatable bonds is 1. The second-order valence-corrected chi connectivity index (χ2v) is 6.63. The number of carbonyl (C=O) groups excluding carboxylic acids is 1. The molecular formula is C27H48O4. The Labute approximate surface area is 192 Å². The van der Waals surface area contributed by atoms with E-state index in [-0.39, 0.29) is 0 Å². The van der Waals surface area contributed by atoms with Gasteiger partial charge in [0.05, 0.1) is 0 Å². The molecule has 0 aliphatic heterocycles. The third-order valence-corrected chi connectivity index (χ3v) is 2.09. The predicted molar refractivity (Wildman–Crippen MR) is 136 cm³/mol. The van der Waals surface area contributed by atoms with Gasteiger partial charge < -0.3 is 14.6 Å². The van der Waals surface area contributed by atoms with Crippen LogP contribution in [0.25, 0.3) is 0 Å². The normalized spacial score (nSPS) is 8.35. The molecule has 4 nitrogen and oxygen atoms in total. The van der Waals surface area contributed by atoms with Crippen LogP contribution in [-0.4, -0.2) is 16.9 Å². The van der Waals surface area contributed by atoms with E-state index in [4.69, 9.17) is 14.6 Å². The Balaban J connectivity index is -0.000000179. The summed E-state index contributed by atoms with van der Waals surface area (Å²) in [5.41, 5.74) is -0.522. The fourth-order valence-corrected chi connectivity index (χ4v) is 1.28. The van der Waals surface area contributed by atoms with Crippen LogP contribution in [0.5, 0.6) is 11.5 Å². The molecule has 0 radical (unpaired) electrons. The van der Waals surface area contributed by atoms with Crippen molar-refractivity contribution in [2.75, 3.05) is 0 Å². The van der Waals surface area contributed by atoms with Crippen molar-refractivity contribution in [3.63, 3.8) is 0 Å². The zero-order valence-electron chi connectivity index (χ0n) is 21.9. The van der Waals surface area contributed by atoms with Crippen LogP contribution in [0.1, 0.15) is 89.0 Å². The summed E-state index contributed by atoms with van der Waals surface area (Å²) >= 11 is 0. The molecule has 2 aromatic rings. The van der Waals surface area contributed by atoms with Crippen molar-refractivity contribution in [2.45, 2.75) is 94.6 Å². The van der Waals surface area contributed by atoms with Crippen LogP contribution in [0.4, 0.5) is 4.79 Å². The van der Waals surface area contributed by atoms with Gasteiger partial charge in [0.2, 0.25) is 0 Å². The highest BCUT2D eigenvalue weighted by Gasteiger charge is 2.17. The van der Waals surface area contributed by atoms with Gasteiger partial charge in [-0.2, -0.15) is 0 Å². The van der Waals surface area contributed by atoms with Crippen LogP contribution in [0, 0.1) is 0 Å². The summed E-state index contributed by atoms with van der Waals surface area (Å²) in [7, 11) is 0. The number of hydrogen-bond acceptors (Lipinski definition) is 4. The van der Waals surface area contributed by atoms with Gasteiger partial charge in [0.25, 0.3) is 0 Å². The summed E-state index contributed by atoms with van der Waals surface area (Å²) in [6.07, 6.45) is 1.82. The number of para-hydroxylation sites is 2. The topological polar surface area (TPSA) is 55.8 Å². The van der Waals surface area contributed by atoms with E-state index in [1.54, 1.807) is 69.3 Å². The number of carbonyl (C=O) groups is 1. The van der Waals surface area contributed by atoms with Gasteiger partial charge in [-0.05, 0) is 45.0 Å². The first kappa shape index (κ1) is 35.9. The molecule has 4 heteroatoms. The van der Waals surface area contributed by atoms with Crippen molar-refractivity contribution in [3.8, 4) is 11.5 Å². The maximum Gasteiger partial charge on any atom is 0.514 e. The molecule has 0 aliphatic carbocycles. The average Bonchev–Trinajstić information content (AvgIpc) is 2.73. The molecule has 0 saturated carbocycles. The molecule has 2 aromatic carbocycles. The summed E-state index contributed by atoms with van der Waals surface area (Å²) in [4.78, 5) is 11.2. The molecule has 0 saturated heterocycles. The van der Waals surface area contributed by atoms with Crippen LogP contribution in [0.2, 0.25) is 0 Å². The Morgan fingerprint density at radius 2 is 1.06 bits per heavy atom. The van der Waals surface area contributed by atoms with Crippen molar-refractivity contribution < 1.29 is 19.4 Å². The highest BCUT2D eigenvalue weighted by atomic mass is 16.7. The maximum absolute atomic E-state index is 11.2. The van der Waals surface area contributed by atoms with Gasteiger partial charge in [-0.15, -0.1) is 0 Å². The second-order valence-electron chi connectivity index (χ2n) is 6.63. The first-order chi connectivity index (χ1) is 14.7. The van der Waals surface area contributed by atoms with Crippen LogP contribution < -0.4 is 4.74 Å². The molecule has 0 atom stereocenters. The minimum absolute atomic E-state index is 0.322. The van der Waals surface area contributed by atoms with Gasteiger partial charge in [0.1, 0.15) is 17.1 Å². The quantitative estimate of drug-likeness (QED) is 0.357. The highest BCUT2D eigenvalue weighted by molar-refractivity contribution is 5.64. The molecule has 0 unspecified atom stereocenters. The van der Waals surface area contributed by atoms with Crippen LogP contribution in [0.3, 0.4) is 0 Å². The molecule has 180 valence electrons. The van der Waals surface area contributed by atoms with Gasteiger partial charge in [-0.25, -0.2) is 4.79 Å². The fraction of sp³-hybridized carbons (Fsp3) is 0.519. The molecule has 31 heavy (non-hydrogen) atoms. The molecule has 0 heterocycles. The zero-order chi connectivity index (χ0) is 25.1. The Bertz CT molecular complexity index is 559. The summed E-state index contributed by atoms with van der Waals surface area (Å²) in [5.74, 6) is 0.809. The van der Waals surface area contributed by atoms with E-state index in [1.165, 1.54) is 12.8 Å². The van der Waals surface area contributed by atoms with E-state index in [2.05, 4.69) is 27.7 Å². The zero-order valence-corrected chi connectivity index (χ0v) is 21.9. The third-order valence-electron chi connectivity index (χ3n) is 2.09. The standard InChI is InChI=1S/C11H14O3.C6H6O.2C3H8.2C2H6/c1-11(2,3)14-10(12)13-9-7-5-4-6-8-9;7-6-4-2-1-3-5-6;2*1-3-2;2*1-2/h4-8H,1-3H3;1-5,7H;2*3H2,1-2H3;2*1-2H3. The molecule has 0 spiro atoms. The van der Waals surface area contributed by atoms with E-state index in [0.717, 1.165) is 0 Å². The van der Waals surface area contributed by atoms with E-state index >= 15 is 0 Å². The van der Waals surface area contributed by atoms with Gasteiger partial charge in [0, 0.05) is 0 Å². The molecule has 0 fully saturated rings. The lowest BCUT2D eigenvalue weighted by Gasteiger charge is -2.18. The first-order valence-corrected chi connectivity index (χ1v) is 11.4. The van der Waals surface area contributed by atoms with Crippen LogP contribution in [0.15, 0.2) is 60.7 Å². The molecule has 0 bridgehead atoms. The van der Waals surface area contributed by atoms with E-state index in [9.17, 15) is 4.79 Å². The molecular weight excluding hydrogens is 388 g/mol. The SMILES string of the molecule is CC.CC.CC(C)(C)OC(=O)Oc1ccccc1.CCC.CCC.Oc1ccccc1. The number of phenols is 1. The maximum atomic E-state index is 11.2. The lowest BCUT2D eigenvalue weighted by atomic mass is 10.2. The summed E-state index contributed by atoms with van der Waals surface area (Å²) in [5, 5.41) is 8.63. The van der Waals surface area contributed by atoms with Crippen molar-refractivity contribution >= 4 is 6.16 Å². The third kappa shape index (κ3) is 35.3. The molecule has 1 N–H and O–H groups in total. The van der Waals surface area contributed by atoms with Crippen molar-refractivity contribution in [1.82, 2.24) is 0 Å². The minimum Gasteiger partial charge on any atom is -0.508 e. The lowest BCUT2D eigenvalue weighted by molar-refractivity contribution is 0.0206. The van der Waals surface area contributed by atoms with Gasteiger partial charge in [-0.3, -0.25) is 0 Å². The number of hydrogen-bond donors (Lipinski definition) is 1. The number of ether oxygens (including phenoxy) is 2. The van der Waals surface area contributed by atoms with Crippen LogP contribution >= 0.6 is 0 Å². The van der Waals surface area contributed by atoms with Gasteiger partial charge >= 0.3 is 6.16 Å². The molecule has 0 aromatic heterocycles. The van der Waals surface area contributed by atoms with Crippen molar-refractivity contribution in [1.29, 1.82) is 0 Å². The summed E-state index contributed by atoms with van der Waals surface area (Å²) in [6.45, 7) is 21.9. The molecule has 0 amide bonds. The fourth-order valence-electron chi connectivity index (χ4n) is 1.28. The largest absolute Gasteiger partial charge is 0.514 e.